The lowest BCUT2D eigenvalue weighted by molar-refractivity contribution is 0.482. The molecule has 0 aliphatic rings. The first-order valence-corrected chi connectivity index (χ1v) is 8.55. The molecule has 5 nitrogen and oxygen atoms in total. The highest BCUT2D eigenvalue weighted by Gasteiger charge is 2.20. The number of anilines is 1. The highest BCUT2D eigenvalue weighted by molar-refractivity contribution is 7.91. The number of nitrogens with one attached hydrogen (secondary N) is 1. The first kappa shape index (κ1) is 15.2. The van der Waals surface area contributed by atoms with Crippen molar-refractivity contribution < 1.29 is 8.42 Å². The smallest absolute Gasteiger partial charge is 0.252 e. The maximum absolute atomic E-state index is 12.2. The number of nitrogens with zero attached hydrogens (tertiary/aromatic N) is 2. The molecule has 0 atom stereocenters. The van der Waals surface area contributed by atoms with Crippen molar-refractivity contribution in [1.82, 2.24) is 9.29 Å². The van der Waals surface area contributed by atoms with Gasteiger partial charge in [0.2, 0.25) is 0 Å². The maximum atomic E-state index is 12.2. The van der Waals surface area contributed by atoms with Crippen molar-refractivity contribution in [2.24, 2.45) is 0 Å². The van der Waals surface area contributed by atoms with E-state index >= 15 is 0 Å². The monoisotopic (exact) mass is 331 g/mol. The normalized spacial score (nSPS) is 11.8. The average molecular weight is 332 g/mol. The van der Waals surface area contributed by atoms with E-state index in [1.807, 2.05) is 0 Å². The number of aromatic nitrogens is 1. The minimum Gasteiger partial charge on any atom is -0.384 e. The molecule has 8 heteroatoms. The van der Waals surface area contributed by atoms with E-state index in [0.717, 1.165) is 5.69 Å². The van der Waals surface area contributed by atoms with Crippen molar-refractivity contribution in [1.29, 1.82) is 0 Å². The first-order chi connectivity index (χ1) is 9.50. The first-order valence-electron chi connectivity index (χ1n) is 5.85. The second-order valence-corrected chi connectivity index (χ2v) is 7.66. The van der Waals surface area contributed by atoms with E-state index in [0.29, 0.717) is 22.5 Å². The van der Waals surface area contributed by atoms with Crippen LogP contribution in [0.4, 0.5) is 5.69 Å². The Kier molecular flexibility index (Phi) is 4.98. The Morgan fingerprint density at radius 2 is 2.25 bits per heavy atom. The minimum atomic E-state index is -3.38. The Hall–Kier alpha value is -1.15. The molecule has 2 aromatic heterocycles. The summed E-state index contributed by atoms with van der Waals surface area (Å²) in [5, 5.41) is 5.25. The van der Waals surface area contributed by atoms with Crippen LogP contribution in [-0.4, -0.2) is 37.8 Å². The lowest BCUT2D eigenvalue weighted by atomic mass is 10.4. The summed E-state index contributed by atoms with van der Waals surface area (Å²) in [4.78, 5) is 3.88. The van der Waals surface area contributed by atoms with E-state index in [2.05, 4.69) is 10.3 Å². The lowest BCUT2D eigenvalue weighted by Gasteiger charge is -2.16. The molecule has 108 valence electrons. The van der Waals surface area contributed by atoms with Gasteiger partial charge in [-0.2, -0.15) is 4.31 Å². The molecule has 0 aliphatic heterocycles. The van der Waals surface area contributed by atoms with Crippen molar-refractivity contribution in [3.63, 3.8) is 0 Å². The van der Waals surface area contributed by atoms with Crippen molar-refractivity contribution in [2.45, 2.75) is 4.21 Å². The number of halogens is 1. The van der Waals surface area contributed by atoms with Gasteiger partial charge in [-0.15, -0.1) is 11.3 Å². The molecule has 2 rings (SSSR count). The number of hydrogen-bond donors (Lipinski definition) is 1. The van der Waals surface area contributed by atoms with Gasteiger partial charge >= 0.3 is 0 Å². The van der Waals surface area contributed by atoms with Crippen LogP contribution in [0.1, 0.15) is 0 Å². The van der Waals surface area contributed by atoms with Crippen molar-refractivity contribution in [2.75, 3.05) is 25.5 Å². The summed E-state index contributed by atoms with van der Waals surface area (Å²) in [6.07, 6.45) is 1.59. The minimum absolute atomic E-state index is 0.354. The average Bonchev–Trinajstić information content (AvgIpc) is 2.93. The Labute approximate surface area is 127 Å². The zero-order valence-electron chi connectivity index (χ0n) is 10.8. The van der Waals surface area contributed by atoms with Crippen LogP contribution in [-0.2, 0) is 10.0 Å². The van der Waals surface area contributed by atoms with E-state index in [1.54, 1.807) is 42.9 Å². The van der Waals surface area contributed by atoms with Gasteiger partial charge in [-0.25, -0.2) is 13.4 Å². The van der Waals surface area contributed by atoms with E-state index in [9.17, 15) is 8.42 Å². The van der Waals surface area contributed by atoms with Gasteiger partial charge < -0.3 is 5.32 Å². The topological polar surface area (TPSA) is 62.3 Å². The molecule has 0 spiro atoms. The summed E-state index contributed by atoms with van der Waals surface area (Å²) in [5.74, 6) is 0. The third-order valence-corrected chi connectivity index (χ3v) is 6.08. The lowest BCUT2D eigenvalue weighted by Crippen LogP contribution is -2.31. The summed E-state index contributed by atoms with van der Waals surface area (Å²) >= 11 is 6.98. The molecule has 1 N–H and O–H groups in total. The number of thiophene rings is 1. The van der Waals surface area contributed by atoms with Gasteiger partial charge in [0.05, 0.1) is 0 Å². The highest BCUT2D eigenvalue weighted by atomic mass is 35.5. The van der Waals surface area contributed by atoms with Crippen LogP contribution in [0.15, 0.2) is 40.1 Å². The fraction of sp³-hybridized carbons (Fsp3) is 0.250. The molecular weight excluding hydrogens is 318 g/mol. The van der Waals surface area contributed by atoms with Gasteiger partial charge in [-0.1, -0.05) is 17.7 Å². The molecule has 0 aromatic carbocycles. The van der Waals surface area contributed by atoms with Crippen molar-refractivity contribution in [3.05, 3.63) is 41.0 Å². The Balaban J connectivity index is 1.91. The molecule has 20 heavy (non-hydrogen) atoms. The van der Waals surface area contributed by atoms with Crippen LogP contribution < -0.4 is 5.32 Å². The van der Waals surface area contributed by atoms with Crippen LogP contribution in [0.3, 0.4) is 0 Å². The fourth-order valence-corrected chi connectivity index (χ4v) is 4.10. The summed E-state index contributed by atoms with van der Waals surface area (Å²) in [7, 11) is -1.82. The molecule has 0 saturated carbocycles. The van der Waals surface area contributed by atoms with Crippen LogP contribution in [0.5, 0.6) is 0 Å². The van der Waals surface area contributed by atoms with Crippen molar-refractivity contribution in [3.8, 4) is 0 Å². The fourth-order valence-electron chi connectivity index (χ4n) is 1.55. The van der Waals surface area contributed by atoms with Gasteiger partial charge in [0.1, 0.15) is 9.36 Å². The molecule has 0 bridgehead atoms. The molecule has 0 radical (unpaired) electrons. The van der Waals surface area contributed by atoms with Gasteiger partial charge in [0.25, 0.3) is 10.0 Å². The summed E-state index contributed by atoms with van der Waals surface area (Å²) in [6.45, 7) is 0.849. The van der Waals surface area contributed by atoms with Crippen LogP contribution in [0, 0.1) is 0 Å². The largest absolute Gasteiger partial charge is 0.384 e. The predicted molar refractivity (Wildman–Crippen MR) is 81.9 cm³/mol. The highest BCUT2D eigenvalue weighted by Crippen LogP contribution is 2.19. The number of hydrogen-bond acceptors (Lipinski definition) is 5. The van der Waals surface area contributed by atoms with E-state index in [4.69, 9.17) is 11.6 Å². The van der Waals surface area contributed by atoms with Crippen LogP contribution >= 0.6 is 22.9 Å². The molecule has 0 saturated heterocycles. The third kappa shape index (κ3) is 3.69. The second kappa shape index (κ2) is 6.53. The zero-order chi connectivity index (χ0) is 14.6. The predicted octanol–water partition coefficient (Wildman–Crippen LogP) is 2.53. The molecular formula is C12H14ClN3O2S2. The Morgan fingerprint density at radius 3 is 2.90 bits per heavy atom. The van der Waals surface area contributed by atoms with E-state index in [-0.39, 0.29) is 0 Å². The summed E-state index contributed by atoms with van der Waals surface area (Å²) < 4.78 is 26.0. The maximum Gasteiger partial charge on any atom is 0.252 e. The SMILES string of the molecule is CN(CCNc1ccnc(Cl)c1)S(=O)(=O)c1cccs1. The third-order valence-electron chi connectivity index (χ3n) is 2.64. The summed E-state index contributed by atoms with van der Waals surface area (Å²) in [6, 6.07) is 6.80. The number of pyridine rings is 1. The second-order valence-electron chi connectivity index (χ2n) is 4.05. The summed E-state index contributed by atoms with van der Waals surface area (Å²) in [5.41, 5.74) is 0.812. The Morgan fingerprint density at radius 1 is 1.45 bits per heavy atom. The molecule has 0 fully saturated rings. The molecule has 2 heterocycles. The molecule has 0 unspecified atom stereocenters. The number of sulfonamides is 1. The molecule has 2 aromatic rings. The standard InChI is InChI=1S/C12H14ClN3O2S2/c1-16(20(17,18)12-3-2-8-19-12)7-6-14-10-4-5-15-11(13)9-10/h2-5,8-9H,6-7H2,1H3,(H,14,15). The quantitative estimate of drug-likeness (QED) is 0.826. The van der Waals surface area contributed by atoms with Gasteiger partial charge in [-0.3, -0.25) is 0 Å². The van der Waals surface area contributed by atoms with Crippen molar-refractivity contribution >= 4 is 38.6 Å². The van der Waals surface area contributed by atoms with Gasteiger partial charge in [0, 0.05) is 32.0 Å². The molecule has 0 amide bonds. The van der Waals surface area contributed by atoms with Gasteiger partial charge in [-0.05, 0) is 23.6 Å². The Bertz CT molecular complexity index is 659. The van der Waals surface area contributed by atoms with E-state index < -0.39 is 10.0 Å². The molecule has 0 aliphatic carbocycles. The van der Waals surface area contributed by atoms with Crippen LogP contribution in [0.25, 0.3) is 0 Å². The zero-order valence-corrected chi connectivity index (χ0v) is 13.2. The van der Waals surface area contributed by atoms with Crippen LogP contribution in [0.2, 0.25) is 5.15 Å². The van der Waals surface area contributed by atoms with Gasteiger partial charge in [0.15, 0.2) is 0 Å². The number of rotatable bonds is 6. The van der Waals surface area contributed by atoms with E-state index in [1.165, 1.54) is 15.6 Å². The number of likely N-dealkylation sites (N-methyl/N-ethyl adjacent to an activating group) is 1.